The Balaban J connectivity index is 1.66. The number of anilines is 3. The van der Waals surface area contributed by atoms with Crippen LogP contribution in [0.1, 0.15) is 18.9 Å². The topological polar surface area (TPSA) is 91.3 Å². The largest absolute Gasteiger partial charge is 0.354 e. The molecule has 0 aromatic carbocycles. The van der Waals surface area contributed by atoms with Crippen molar-refractivity contribution in [1.29, 1.82) is 0 Å². The molecule has 0 aliphatic carbocycles. The number of nitrogens with one attached hydrogen (secondary N) is 1. The number of aryl methyl sites for hydroxylation is 1. The number of hydrogen-bond acceptors (Lipinski definition) is 7. The van der Waals surface area contributed by atoms with Crippen molar-refractivity contribution in [3.8, 4) is 0 Å². The molecule has 0 spiro atoms. The molecule has 26 heavy (non-hydrogen) atoms. The van der Waals surface area contributed by atoms with Crippen molar-refractivity contribution in [2.24, 2.45) is 0 Å². The number of hydrogen-bond donors (Lipinski definition) is 1. The third-order valence-corrected chi connectivity index (χ3v) is 6.32. The summed E-state index contributed by atoms with van der Waals surface area (Å²) in [6.45, 7) is 6.07. The van der Waals surface area contributed by atoms with E-state index in [1.807, 2.05) is 32.0 Å². The fraction of sp³-hybridized carbons (Fsp3) is 0.471. The Morgan fingerprint density at radius 1 is 1.08 bits per heavy atom. The second-order valence-corrected chi connectivity index (χ2v) is 8.40. The molecule has 2 aromatic heterocycles. The molecule has 1 fully saturated rings. The maximum absolute atomic E-state index is 12.2. The van der Waals surface area contributed by atoms with Crippen molar-refractivity contribution >= 4 is 27.5 Å². The Morgan fingerprint density at radius 3 is 2.50 bits per heavy atom. The van der Waals surface area contributed by atoms with Gasteiger partial charge in [0.2, 0.25) is 10.0 Å². The van der Waals surface area contributed by atoms with Gasteiger partial charge in [0.05, 0.1) is 5.75 Å². The van der Waals surface area contributed by atoms with Crippen LogP contribution in [0.4, 0.5) is 17.5 Å². The molecule has 1 N–H and O–H groups in total. The Bertz CT molecular complexity index is 850. The van der Waals surface area contributed by atoms with Gasteiger partial charge in [-0.05, 0) is 31.0 Å². The number of pyridine rings is 1. The van der Waals surface area contributed by atoms with E-state index in [1.54, 1.807) is 10.5 Å². The molecule has 0 atom stereocenters. The van der Waals surface area contributed by atoms with Gasteiger partial charge in [0.25, 0.3) is 0 Å². The van der Waals surface area contributed by atoms with Gasteiger partial charge in [0.15, 0.2) is 0 Å². The molecular weight excluding hydrogens is 352 g/mol. The van der Waals surface area contributed by atoms with E-state index in [1.165, 1.54) is 6.33 Å². The molecule has 140 valence electrons. The van der Waals surface area contributed by atoms with Crippen LogP contribution in [0.3, 0.4) is 0 Å². The molecule has 8 nitrogen and oxygen atoms in total. The van der Waals surface area contributed by atoms with Crippen LogP contribution in [-0.4, -0.2) is 59.6 Å². The second kappa shape index (κ2) is 7.96. The van der Waals surface area contributed by atoms with Crippen molar-refractivity contribution in [2.45, 2.75) is 20.3 Å². The summed E-state index contributed by atoms with van der Waals surface area (Å²) < 4.78 is 25.9. The van der Waals surface area contributed by atoms with Gasteiger partial charge in [-0.25, -0.2) is 23.4 Å². The average molecular weight is 376 g/mol. The zero-order chi connectivity index (χ0) is 18.6. The van der Waals surface area contributed by atoms with E-state index in [-0.39, 0.29) is 5.75 Å². The molecule has 1 saturated heterocycles. The molecule has 0 radical (unpaired) electrons. The standard InChI is InChI=1S/C17H24N6O2S/c1-3-10-26(24,25)23-8-6-22(7-9-23)17-12-16(19-13-20-17)21-15-11-14(2)4-5-18-15/h4-5,11-13H,3,6-10H2,1-2H3,(H,18,19,20,21). The zero-order valence-corrected chi connectivity index (χ0v) is 15.9. The van der Waals surface area contributed by atoms with Crippen molar-refractivity contribution in [3.05, 3.63) is 36.3 Å². The zero-order valence-electron chi connectivity index (χ0n) is 15.1. The highest BCUT2D eigenvalue weighted by Crippen LogP contribution is 2.20. The Labute approximate surface area is 154 Å². The first-order valence-electron chi connectivity index (χ1n) is 8.72. The van der Waals surface area contributed by atoms with Gasteiger partial charge in [0, 0.05) is 38.4 Å². The smallest absolute Gasteiger partial charge is 0.214 e. The van der Waals surface area contributed by atoms with Crippen LogP contribution in [0, 0.1) is 6.92 Å². The molecule has 0 unspecified atom stereocenters. The van der Waals surface area contributed by atoms with Gasteiger partial charge in [0.1, 0.15) is 23.8 Å². The molecule has 1 aliphatic heterocycles. The van der Waals surface area contributed by atoms with Crippen molar-refractivity contribution in [1.82, 2.24) is 19.3 Å². The first-order valence-corrected chi connectivity index (χ1v) is 10.3. The summed E-state index contributed by atoms with van der Waals surface area (Å²) in [5, 5.41) is 3.18. The molecule has 0 bridgehead atoms. The van der Waals surface area contributed by atoms with E-state index in [0.29, 0.717) is 38.4 Å². The van der Waals surface area contributed by atoms with E-state index in [2.05, 4.69) is 25.2 Å². The lowest BCUT2D eigenvalue weighted by atomic mass is 10.3. The lowest BCUT2D eigenvalue weighted by Crippen LogP contribution is -2.49. The van der Waals surface area contributed by atoms with Crippen molar-refractivity contribution < 1.29 is 8.42 Å². The van der Waals surface area contributed by atoms with Gasteiger partial charge in [-0.15, -0.1) is 0 Å². The van der Waals surface area contributed by atoms with Gasteiger partial charge < -0.3 is 10.2 Å². The predicted octanol–water partition coefficient (Wildman–Crippen LogP) is 1.79. The van der Waals surface area contributed by atoms with Gasteiger partial charge in [-0.1, -0.05) is 6.92 Å². The molecular formula is C17H24N6O2S. The van der Waals surface area contributed by atoms with Crippen LogP contribution >= 0.6 is 0 Å². The first kappa shape index (κ1) is 18.5. The van der Waals surface area contributed by atoms with E-state index in [4.69, 9.17) is 0 Å². The predicted molar refractivity (Wildman–Crippen MR) is 102 cm³/mol. The van der Waals surface area contributed by atoms with Gasteiger partial charge >= 0.3 is 0 Å². The molecule has 0 amide bonds. The minimum atomic E-state index is -3.14. The highest BCUT2D eigenvalue weighted by Gasteiger charge is 2.26. The lowest BCUT2D eigenvalue weighted by molar-refractivity contribution is 0.383. The summed E-state index contributed by atoms with van der Waals surface area (Å²) in [5.74, 6) is 2.37. The van der Waals surface area contributed by atoms with Crippen LogP contribution in [0.25, 0.3) is 0 Å². The number of aromatic nitrogens is 3. The highest BCUT2D eigenvalue weighted by molar-refractivity contribution is 7.89. The van der Waals surface area contributed by atoms with Crippen molar-refractivity contribution in [2.75, 3.05) is 42.1 Å². The second-order valence-electron chi connectivity index (χ2n) is 6.31. The van der Waals surface area contributed by atoms with E-state index in [9.17, 15) is 8.42 Å². The van der Waals surface area contributed by atoms with Crippen LogP contribution in [-0.2, 0) is 10.0 Å². The van der Waals surface area contributed by atoms with Crippen LogP contribution in [0.2, 0.25) is 0 Å². The summed E-state index contributed by atoms with van der Waals surface area (Å²) in [6, 6.07) is 5.74. The summed E-state index contributed by atoms with van der Waals surface area (Å²) in [7, 11) is -3.14. The molecule has 1 aliphatic rings. The van der Waals surface area contributed by atoms with E-state index in [0.717, 1.165) is 17.2 Å². The first-order chi connectivity index (χ1) is 12.5. The average Bonchev–Trinajstić information content (AvgIpc) is 2.62. The SMILES string of the molecule is CCCS(=O)(=O)N1CCN(c2cc(Nc3cc(C)ccn3)ncn2)CC1. The fourth-order valence-electron chi connectivity index (χ4n) is 2.91. The van der Waals surface area contributed by atoms with Crippen LogP contribution < -0.4 is 10.2 Å². The normalized spacial score (nSPS) is 15.8. The Morgan fingerprint density at radius 2 is 1.81 bits per heavy atom. The minimum absolute atomic E-state index is 0.206. The van der Waals surface area contributed by atoms with Crippen LogP contribution in [0.5, 0.6) is 0 Å². The monoisotopic (exact) mass is 376 g/mol. The number of nitrogens with zero attached hydrogens (tertiary/aromatic N) is 5. The number of rotatable bonds is 6. The van der Waals surface area contributed by atoms with E-state index >= 15 is 0 Å². The summed E-state index contributed by atoms with van der Waals surface area (Å²) >= 11 is 0. The molecule has 0 saturated carbocycles. The summed E-state index contributed by atoms with van der Waals surface area (Å²) in [6.07, 6.45) is 3.89. The Hall–Kier alpha value is -2.26. The van der Waals surface area contributed by atoms with Gasteiger partial charge in [-0.2, -0.15) is 4.31 Å². The minimum Gasteiger partial charge on any atom is -0.354 e. The molecule has 3 rings (SSSR count). The van der Waals surface area contributed by atoms with Gasteiger partial charge in [-0.3, -0.25) is 0 Å². The fourth-order valence-corrected chi connectivity index (χ4v) is 4.40. The molecule has 3 heterocycles. The third-order valence-electron chi connectivity index (χ3n) is 4.24. The quantitative estimate of drug-likeness (QED) is 0.822. The van der Waals surface area contributed by atoms with Crippen molar-refractivity contribution in [3.63, 3.8) is 0 Å². The molecule has 2 aromatic rings. The lowest BCUT2D eigenvalue weighted by Gasteiger charge is -2.34. The summed E-state index contributed by atoms with van der Waals surface area (Å²) in [5.41, 5.74) is 1.11. The maximum Gasteiger partial charge on any atom is 0.214 e. The Kier molecular flexibility index (Phi) is 5.67. The summed E-state index contributed by atoms with van der Waals surface area (Å²) in [4.78, 5) is 14.9. The number of sulfonamides is 1. The highest BCUT2D eigenvalue weighted by atomic mass is 32.2. The third kappa shape index (κ3) is 4.47. The number of piperazine rings is 1. The molecule has 9 heteroatoms. The van der Waals surface area contributed by atoms with Crippen LogP contribution in [0.15, 0.2) is 30.7 Å². The maximum atomic E-state index is 12.2. The van der Waals surface area contributed by atoms with E-state index < -0.39 is 10.0 Å².